The number of ketones is 1. The number of nitrogens with one attached hydrogen (secondary N) is 1. The van der Waals surface area contributed by atoms with Crippen molar-refractivity contribution in [2.24, 2.45) is 0 Å². The van der Waals surface area contributed by atoms with Gasteiger partial charge in [0.25, 0.3) is 5.09 Å². The maximum absolute atomic E-state index is 13.0. The van der Waals surface area contributed by atoms with E-state index in [0.29, 0.717) is 22.5 Å². The number of imide groups is 1. The van der Waals surface area contributed by atoms with Gasteiger partial charge in [-0.3, -0.25) is 14.5 Å². The van der Waals surface area contributed by atoms with Crippen molar-refractivity contribution in [1.82, 2.24) is 5.32 Å². The Morgan fingerprint density at radius 3 is 2.42 bits per heavy atom. The average Bonchev–Trinajstić information content (AvgIpc) is 2.94. The molecule has 0 saturated heterocycles. The van der Waals surface area contributed by atoms with Crippen molar-refractivity contribution in [3.63, 3.8) is 0 Å². The summed E-state index contributed by atoms with van der Waals surface area (Å²) < 4.78 is 14.0. The number of urea groups is 1. The van der Waals surface area contributed by atoms with Gasteiger partial charge >= 0.3 is 18.3 Å². The minimum Gasteiger partial charge on any atom is -0.445 e. The van der Waals surface area contributed by atoms with Crippen molar-refractivity contribution in [1.29, 1.82) is 0 Å². The van der Waals surface area contributed by atoms with Crippen LogP contribution in [0.3, 0.4) is 0 Å². The number of nitrogens with zero attached hydrogens (tertiary/aromatic N) is 2. The molecule has 2 aromatic carbocycles. The maximum Gasteiger partial charge on any atom is 0.510 e. The molecule has 1 unspecified atom stereocenters. The molecule has 1 aliphatic rings. The molecule has 0 aromatic heterocycles. The van der Waals surface area contributed by atoms with Gasteiger partial charge in [0.15, 0.2) is 5.78 Å². The molecule has 1 aliphatic heterocycles. The van der Waals surface area contributed by atoms with E-state index in [-0.39, 0.29) is 25.4 Å². The smallest absolute Gasteiger partial charge is 0.445 e. The Bertz CT molecular complexity index is 1200. The third-order valence-corrected chi connectivity index (χ3v) is 4.71. The summed E-state index contributed by atoms with van der Waals surface area (Å²) in [5.74, 6) is -0.160. The Morgan fingerprint density at radius 2 is 1.69 bits per heavy atom. The Labute approximate surface area is 204 Å². The van der Waals surface area contributed by atoms with Crippen molar-refractivity contribution in [2.75, 3.05) is 18.1 Å². The van der Waals surface area contributed by atoms with E-state index in [2.05, 4.69) is 19.6 Å². The highest BCUT2D eigenvalue weighted by Crippen LogP contribution is 2.35. The van der Waals surface area contributed by atoms with Crippen LogP contribution in [0.1, 0.15) is 22.8 Å². The van der Waals surface area contributed by atoms with Gasteiger partial charge in [-0.15, -0.1) is 10.1 Å². The van der Waals surface area contributed by atoms with Gasteiger partial charge in [0.2, 0.25) is 6.29 Å². The first-order chi connectivity index (χ1) is 17.3. The Kier molecular flexibility index (Phi) is 8.54. The van der Waals surface area contributed by atoms with E-state index in [1.165, 1.54) is 17.1 Å². The van der Waals surface area contributed by atoms with Gasteiger partial charge in [0, 0.05) is 12.0 Å². The van der Waals surface area contributed by atoms with Gasteiger partial charge in [0.1, 0.15) is 13.2 Å². The number of fused-ring (bicyclic) bond motifs is 2. The summed E-state index contributed by atoms with van der Waals surface area (Å²) >= 11 is 0. The monoisotopic (exact) mass is 499 g/mol. The SMILES string of the molecule is CC(OC(=O)OCC=CCOC(=O)NC(=O)N1c2ccccc2CC(=O)c2ccccc21)O[N+](=O)[O-]. The number of benzene rings is 2. The lowest BCUT2D eigenvalue weighted by atomic mass is 10.0. The minimum atomic E-state index is -1.44. The fourth-order valence-electron chi connectivity index (χ4n) is 3.27. The highest BCUT2D eigenvalue weighted by molar-refractivity contribution is 6.14. The van der Waals surface area contributed by atoms with Gasteiger partial charge < -0.3 is 14.2 Å². The first kappa shape index (κ1) is 25.7. The number of carbonyl (C=O) groups is 4. The molecule has 13 heteroatoms. The van der Waals surface area contributed by atoms with E-state index in [0.717, 1.165) is 6.92 Å². The summed E-state index contributed by atoms with van der Waals surface area (Å²) in [7, 11) is 0. The number of Topliss-reactive ketones (excluding diaryl/α,β-unsaturated/α-hetero) is 1. The molecule has 0 radical (unpaired) electrons. The van der Waals surface area contributed by atoms with Crippen LogP contribution in [0.25, 0.3) is 0 Å². The zero-order chi connectivity index (χ0) is 26.1. The highest BCUT2D eigenvalue weighted by atomic mass is 17.0. The summed E-state index contributed by atoms with van der Waals surface area (Å²) in [6.07, 6.45) is -0.923. The van der Waals surface area contributed by atoms with E-state index in [4.69, 9.17) is 4.74 Å². The number of rotatable bonds is 7. The molecule has 3 rings (SSSR count). The van der Waals surface area contributed by atoms with Crippen molar-refractivity contribution >= 4 is 35.4 Å². The van der Waals surface area contributed by atoms with Crippen LogP contribution in [0.4, 0.5) is 25.8 Å². The van der Waals surface area contributed by atoms with E-state index < -0.39 is 29.7 Å². The second-order valence-corrected chi connectivity index (χ2v) is 7.16. The molecule has 0 bridgehead atoms. The second-order valence-electron chi connectivity index (χ2n) is 7.16. The molecule has 36 heavy (non-hydrogen) atoms. The maximum atomic E-state index is 13.0. The minimum absolute atomic E-state index is 0.101. The van der Waals surface area contributed by atoms with Crippen LogP contribution < -0.4 is 10.2 Å². The lowest BCUT2D eigenvalue weighted by molar-refractivity contribution is -0.777. The van der Waals surface area contributed by atoms with Crippen molar-refractivity contribution in [2.45, 2.75) is 19.6 Å². The van der Waals surface area contributed by atoms with Crippen LogP contribution >= 0.6 is 0 Å². The molecular formula is C23H21N3O10. The van der Waals surface area contributed by atoms with E-state index in [1.54, 1.807) is 48.5 Å². The molecule has 2 aromatic rings. The summed E-state index contributed by atoms with van der Waals surface area (Å²) in [5.41, 5.74) is 1.77. The van der Waals surface area contributed by atoms with Gasteiger partial charge in [-0.1, -0.05) is 30.3 Å². The Balaban J connectivity index is 1.53. The number of anilines is 2. The second kappa shape index (κ2) is 12.0. The number of ether oxygens (including phenoxy) is 3. The van der Waals surface area contributed by atoms with Gasteiger partial charge in [-0.25, -0.2) is 19.7 Å². The van der Waals surface area contributed by atoms with Crippen LogP contribution in [0, 0.1) is 10.1 Å². The van der Waals surface area contributed by atoms with Crippen LogP contribution in [0.15, 0.2) is 60.7 Å². The lowest BCUT2D eigenvalue weighted by Crippen LogP contribution is -2.41. The number of para-hydroxylation sites is 2. The molecule has 0 aliphatic carbocycles. The topological polar surface area (TPSA) is 164 Å². The summed E-state index contributed by atoms with van der Waals surface area (Å²) in [4.78, 5) is 64.6. The molecule has 0 saturated carbocycles. The zero-order valence-electron chi connectivity index (χ0n) is 18.9. The number of alkyl carbamates (subject to hydrolysis) is 1. The predicted octanol–water partition coefficient (Wildman–Crippen LogP) is 3.67. The van der Waals surface area contributed by atoms with Crippen molar-refractivity contribution in [3.8, 4) is 0 Å². The van der Waals surface area contributed by atoms with Crippen LogP contribution in [0.5, 0.6) is 0 Å². The fraction of sp³-hybridized carbons (Fsp3) is 0.217. The fourth-order valence-corrected chi connectivity index (χ4v) is 3.27. The summed E-state index contributed by atoms with van der Waals surface area (Å²) in [6.45, 7) is 0.599. The molecule has 1 N–H and O–H groups in total. The van der Waals surface area contributed by atoms with Crippen molar-refractivity contribution < 1.29 is 43.3 Å². The number of carbonyl (C=O) groups excluding carboxylic acids is 4. The Hall–Kier alpha value is -4.94. The number of amides is 3. The molecule has 1 heterocycles. The normalized spacial score (nSPS) is 13.0. The van der Waals surface area contributed by atoms with Crippen LogP contribution in [-0.2, 0) is 25.5 Å². The van der Waals surface area contributed by atoms with E-state index >= 15 is 0 Å². The van der Waals surface area contributed by atoms with E-state index in [9.17, 15) is 29.3 Å². The number of hydrogen-bond donors (Lipinski definition) is 1. The summed E-state index contributed by atoms with van der Waals surface area (Å²) in [5, 5.41) is 11.1. The first-order valence-corrected chi connectivity index (χ1v) is 10.5. The first-order valence-electron chi connectivity index (χ1n) is 10.5. The molecule has 0 spiro atoms. The molecule has 1 atom stereocenters. The van der Waals surface area contributed by atoms with Crippen molar-refractivity contribution in [3.05, 3.63) is 81.9 Å². The quantitative estimate of drug-likeness (QED) is 0.195. The van der Waals surface area contributed by atoms with E-state index in [1.807, 2.05) is 0 Å². The van der Waals surface area contributed by atoms with Gasteiger partial charge in [-0.2, -0.15) is 0 Å². The third-order valence-electron chi connectivity index (χ3n) is 4.71. The highest BCUT2D eigenvalue weighted by Gasteiger charge is 2.30. The zero-order valence-corrected chi connectivity index (χ0v) is 18.9. The lowest BCUT2D eigenvalue weighted by Gasteiger charge is -2.24. The van der Waals surface area contributed by atoms with Crippen LogP contribution in [0.2, 0.25) is 0 Å². The largest absolute Gasteiger partial charge is 0.510 e. The molecule has 0 fully saturated rings. The summed E-state index contributed by atoms with van der Waals surface area (Å²) in [6, 6.07) is 12.7. The molecule has 13 nitrogen and oxygen atoms in total. The Morgan fingerprint density at radius 1 is 1.06 bits per heavy atom. The molecule has 3 amide bonds. The molecule has 188 valence electrons. The standard InChI is InChI=1S/C23H21N3O10/c1-15(36-26(31)32)35-23(30)34-13-7-6-12-33-22(29)24-21(28)25-18-10-4-2-8-16(18)14-20(27)17-9-3-5-11-19(17)25/h2-11,15H,12-14H2,1H3,(H,24,28,29). The van der Waals surface area contributed by atoms with Crippen LogP contribution in [-0.4, -0.2) is 48.7 Å². The third kappa shape index (κ3) is 6.79. The van der Waals surface area contributed by atoms with Gasteiger partial charge in [-0.05, 0) is 42.8 Å². The average molecular weight is 499 g/mol. The molecular weight excluding hydrogens is 478 g/mol. The van der Waals surface area contributed by atoms with Gasteiger partial charge in [0.05, 0.1) is 11.4 Å². The number of hydrogen-bond acceptors (Lipinski definition) is 10. The predicted molar refractivity (Wildman–Crippen MR) is 122 cm³/mol.